The Morgan fingerprint density at radius 1 is 1.14 bits per heavy atom. The van der Waals surface area contributed by atoms with Gasteiger partial charge in [-0.25, -0.2) is 0 Å². The monoisotopic (exact) mass is 197 g/mol. The van der Waals surface area contributed by atoms with E-state index in [1.807, 2.05) is 0 Å². The van der Waals surface area contributed by atoms with Gasteiger partial charge in [0.25, 0.3) is 0 Å². The summed E-state index contributed by atoms with van der Waals surface area (Å²) in [4.78, 5) is 0. The van der Waals surface area contributed by atoms with Gasteiger partial charge < -0.3 is 5.32 Å². The molecule has 0 saturated heterocycles. The van der Waals surface area contributed by atoms with Gasteiger partial charge in [-0.1, -0.05) is 39.5 Å². The molecule has 2 atom stereocenters. The van der Waals surface area contributed by atoms with Crippen LogP contribution in [0.4, 0.5) is 0 Å². The van der Waals surface area contributed by atoms with Crippen molar-refractivity contribution < 1.29 is 0 Å². The lowest BCUT2D eigenvalue weighted by Crippen LogP contribution is -2.22. The fourth-order valence-corrected chi connectivity index (χ4v) is 2.49. The molecule has 0 heterocycles. The average molecular weight is 197 g/mol. The van der Waals surface area contributed by atoms with Crippen molar-refractivity contribution >= 4 is 0 Å². The summed E-state index contributed by atoms with van der Waals surface area (Å²) in [6, 6.07) is 0. The van der Waals surface area contributed by atoms with Crippen LogP contribution in [0.1, 0.15) is 58.8 Å². The third kappa shape index (κ3) is 4.99. The average Bonchev–Trinajstić information content (AvgIpc) is 2.58. The maximum absolute atomic E-state index is 3.61. The van der Waals surface area contributed by atoms with Crippen LogP contribution < -0.4 is 5.32 Å². The second-order valence-corrected chi connectivity index (χ2v) is 5.05. The Kier molecular flexibility index (Phi) is 6.25. The molecule has 0 aliphatic heterocycles. The molecular weight excluding hydrogens is 170 g/mol. The van der Waals surface area contributed by atoms with Gasteiger partial charge in [0.15, 0.2) is 0 Å². The van der Waals surface area contributed by atoms with Crippen molar-refractivity contribution in [1.82, 2.24) is 5.32 Å². The van der Waals surface area contributed by atoms with Crippen molar-refractivity contribution in [2.75, 3.05) is 13.1 Å². The first kappa shape index (κ1) is 12.0. The van der Waals surface area contributed by atoms with E-state index in [4.69, 9.17) is 0 Å². The van der Waals surface area contributed by atoms with Crippen molar-refractivity contribution in [1.29, 1.82) is 0 Å². The molecule has 0 bridgehead atoms. The fraction of sp³-hybridized carbons (Fsp3) is 1.00. The van der Waals surface area contributed by atoms with Crippen LogP contribution in [-0.2, 0) is 0 Å². The summed E-state index contributed by atoms with van der Waals surface area (Å²) in [6.45, 7) is 7.18. The van der Waals surface area contributed by atoms with E-state index in [1.54, 1.807) is 0 Å². The SMILES string of the molecule is CCCCCCNCC1CCC(C)C1. The molecule has 1 aliphatic rings. The summed E-state index contributed by atoms with van der Waals surface area (Å²) >= 11 is 0. The number of unbranched alkanes of at least 4 members (excludes halogenated alkanes) is 3. The maximum Gasteiger partial charge on any atom is -0.00204 e. The second-order valence-electron chi connectivity index (χ2n) is 5.05. The summed E-state index contributed by atoms with van der Waals surface area (Å²) in [5.74, 6) is 1.97. The van der Waals surface area contributed by atoms with Crippen molar-refractivity contribution in [3.8, 4) is 0 Å². The van der Waals surface area contributed by atoms with Crippen LogP contribution in [-0.4, -0.2) is 13.1 Å². The van der Waals surface area contributed by atoms with Crippen molar-refractivity contribution in [2.45, 2.75) is 58.8 Å². The van der Waals surface area contributed by atoms with Gasteiger partial charge in [0.1, 0.15) is 0 Å². The van der Waals surface area contributed by atoms with Gasteiger partial charge in [-0.3, -0.25) is 0 Å². The van der Waals surface area contributed by atoms with Gasteiger partial charge in [0.2, 0.25) is 0 Å². The Hall–Kier alpha value is -0.0400. The second kappa shape index (κ2) is 7.28. The Balaban J connectivity index is 1.84. The van der Waals surface area contributed by atoms with E-state index in [-0.39, 0.29) is 0 Å². The maximum atomic E-state index is 3.61. The number of rotatable bonds is 7. The zero-order valence-corrected chi connectivity index (χ0v) is 10.0. The molecule has 1 N–H and O–H groups in total. The van der Waals surface area contributed by atoms with E-state index >= 15 is 0 Å². The zero-order chi connectivity index (χ0) is 10.2. The molecule has 84 valence electrons. The van der Waals surface area contributed by atoms with Crippen LogP contribution in [0.25, 0.3) is 0 Å². The lowest BCUT2D eigenvalue weighted by molar-refractivity contribution is 0.464. The molecule has 0 radical (unpaired) electrons. The third-order valence-electron chi connectivity index (χ3n) is 3.44. The van der Waals surface area contributed by atoms with E-state index in [2.05, 4.69) is 19.2 Å². The van der Waals surface area contributed by atoms with Gasteiger partial charge in [-0.2, -0.15) is 0 Å². The standard InChI is InChI=1S/C13H27N/c1-3-4-5-6-9-14-11-13-8-7-12(2)10-13/h12-14H,3-11H2,1-2H3. The van der Waals surface area contributed by atoms with E-state index in [0.717, 1.165) is 11.8 Å². The minimum Gasteiger partial charge on any atom is -0.316 e. The van der Waals surface area contributed by atoms with Crippen LogP contribution >= 0.6 is 0 Å². The highest BCUT2D eigenvalue weighted by molar-refractivity contribution is 4.74. The lowest BCUT2D eigenvalue weighted by atomic mass is 10.1. The lowest BCUT2D eigenvalue weighted by Gasteiger charge is -2.10. The van der Waals surface area contributed by atoms with Crippen molar-refractivity contribution in [3.63, 3.8) is 0 Å². The largest absolute Gasteiger partial charge is 0.316 e. The molecule has 2 unspecified atom stereocenters. The topological polar surface area (TPSA) is 12.0 Å². The van der Waals surface area contributed by atoms with Crippen LogP contribution in [0.3, 0.4) is 0 Å². The molecule has 0 aromatic carbocycles. The van der Waals surface area contributed by atoms with E-state index < -0.39 is 0 Å². The predicted octanol–water partition coefficient (Wildman–Crippen LogP) is 3.59. The van der Waals surface area contributed by atoms with Crippen LogP contribution in [0.15, 0.2) is 0 Å². The van der Waals surface area contributed by atoms with E-state index in [1.165, 1.54) is 58.0 Å². The van der Waals surface area contributed by atoms with Gasteiger partial charge in [0.05, 0.1) is 0 Å². The molecule has 0 spiro atoms. The molecule has 1 aliphatic carbocycles. The predicted molar refractivity (Wildman–Crippen MR) is 63.5 cm³/mol. The third-order valence-corrected chi connectivity index (χ3v) is 3.44. The van der Waals surface area contributed by atoms with Gasteiger partial charge in [-0.15, -0.1) is 0 Å². The van der Waals surface area contributed by atoms with Crippen molar-refractivity contribution in [3.05, 3.63) is 0 Å². The first-order valence-corrected chi connectivity index (χ1v) is 6.53. The number of hydrogen-bond acceptors (Lipinski definition) is 1. The molecule has 1 heteroatoms. The minimum atomic E-state index is 0.983. The summed E-state index contributed by atoms with van der Waals surface area (Å²) in [6.07, 6.45) is 9.91. The van der Waals surface area contributed by atoms with Crippen LogP contribution in [0, 0.1) is 11.8 Å². The molecule has 0 aromatic rings. The Labute approximate surface area is 89.7 Å². The molecule has 1 saturated carbocycles. The highest BCUT2D eigenvalue weighted by Gasteiger charge is 2.20. The Morgan fingerprint density at radius 2 is 2.00 bits per heavy atom. The molecule has 0 aromatic heterocycles. The number of nitrogens with one attached hydrogen (secondary N) is 1. The summed E-state index contributed by atoms with van der Waals surface area (Å²) in [5.41, 5.74) is 0. The van der Waals surface area contributed by atoms with E-state index in [0.29, 0.717) is 0 Å². The van der Waals surface area contributed by atoms with E-state index in [9.17, 15) is 0 Å². The smallest absolute Gasteiger partial charge is 0.00204 e. The van der Waals surface area contributed by atoms with Gasteiger partial charge >= 0.3 is 0 Å². The first-order chi connectivity index (χ1) is 6.83. The van der Waals surface area contributed by atoms with Gasteiger partial charge in [-0.05, 0) is 44.2 Å². The fourth-order valence-electron chi connectivity index (χ4n) is 2.49. The quantitative estimate of drug-likeness (QED) is 0.615. The minimum absolute atomic E-state index is 0.983. The normalized spacial score (nSPS) is 27.0. The van der Waals surface area contributed by atoms with Gasteiger partial charge in [0, 0.05) is 0 Å². The highest BCUT2D eigenvalue weighted by atomic mass is 14.9. The summed E-state index contributed by atoms with van der Waals surface area (Å²) in [5, 5.41) is 3.61. The van der Waals surface area contributed by atoms with Crippen molar-refractivity contribution in [2.24, 2.45) is 11.8 Å². The molecule has 1 nitrogen and oxygen atoms in total. The Morgan fingerprint density at radius 3 is 2.64 bits per heavy atom. The summed E-state index contributed by atoms with van der Waals surface area (Å²) in [7, 11) is 0. The van der Waals surface area contributed by atoms with Crippen LogP contribution in [0.5, 0.6) is 0 Å². The summed E-state index contributed by atoms with van der Waals surface area (Å²) < 4.78 is 0. The number of hydrogen-bond donors (Lipinski definition) is 1. The highest BCUT2D eigenvalue weighted by Crippen LogP contribution is 2.29. The Bertz CT molecular complexity index is 133. The molecule has 1 fully saturated rings. The zero-order valence-electron chi connectivity index (χ0n) is 10.0. The van der Waals surface area contributed by atoms with Crippen LogP contribution in [0.2, 0.25) is 0 Å². The molecule has 14 heavy (non-hydrogen) atoms. The first-order valence-electron chi connectivity index (χ1n) is 6.53. The molecule has 0 amide bonds. The molecule has 1 rings (SSSR count). The molecular formula is C13H27N.